The molecule has 1 amide bonds. The Morgan fingerprint density at radius 2 is 2.23 bits per heavy atom. The Morgan fingerprint density at radius 1 is 1.54 bits per heavy atom. The molecule has 4 nitrogen and oxygen atoms in total. The third kappa shape index (κ3) is 2.55. The van der Waals surface area contributed by atoms with Gasteiger partial charge in [-0.3, -0.25) is 4.79 Å². The molecule has 0 saturated heterocycles. The minimum Gasteiger partial charge on any atom is -0.477 e. The van der Waals surface area contributed by atoms with Crippen LogP contribution in [0.1, 0.15) is 23.0 Å². The van der Waals surface area contributed by atoms with Crippen molar-refractivity contribution in [3.63, 3.8) is 0 Å². The summed E-state index contributed by atoms with van der Waals surface area (Å²) in [5.74, 6) is -1.08. The van der Waals surface area contributed by atoms with Gasteiger partial charge >= 0.3 is 5.97 Å². The fraction of sp³-hybridized carbons (Fsp3) is 0.250. The topological polar surface area (TPSA) is 66.4 Å². The third-order valence-corrected chi connectivity index (χ3v) is 2.39. The molecule has 0 unspecified atom stereocenters. The van der Waals surface area contributed by atoms with Crippen LogP contribution in [0, 0.1) is 0 Å². The summed E-state index contributed by atoms with van der Waals surface area (Å²) >= 11 is 1.05. The summed E-state index contributed by atoms with van der Waals surface area (Å²) in [6.07, 6.45) is 0.389. The van der Waals surface area contributed by atoms with Gasteiger partial charge in [0.1, 0.15) is 4.88 Å². The number of carboxylic acids is 1. The second-order valence-electron chi connectivity index (χ2n) is 2.37. The first-order valence-corrected chi connectivity index (χ1v) is 4.58. The van der Waals surface area contributed by atoms with Gasteiger partial charge in [-0.15, -0.1) is 11.3 Å². The van der Waals surface area contributed by atoms with E-state index in [1.54, 1.807) is 13.0 Å². The highest BCUT2D eigenvalue weighted by Gasteiger charge is 2.07. The van der Waals surface area contributed by atoms with E-state index in [0.29, 0.717) is 11.4 Å². The molecular weight excluding hydrogens is 190 g/mol. The molecular formula is C8H9NO3S. The Labute approximate surface area is 79.2 Å². The quantitative estimate of drug-likeness (QED) is 0.780. The molecule has 0 aliphatic carbocycles. The lowest BCUT2D eigenvalue weighted by Gasteiger charge is -1.96. The van der Waals surface area contributed by atoms with Crippen LogP contribution in [0.15, 0.2) is 12.1 Å². The second kappa shape index (κ2) is 4.04. The summed E-state index contributed by atoms with van der Waals surface area (Å²) in [5, 5.41) is 11.7. The monoisotopic (exact) mass is 199 g/mol. The molecule has 13 heavy (non-hydrogen) atoms. The van der Waals surface area contributed by atoms with Crippen molar-refractivity contribution in [3.05, 3.63) is 17.0 Å². The van der Waals surface area contributed by atoms with Crippen molar-refractivity contribution in [2.45, 2.75) is 13.3 Å². The Kier molecular flexibility index (Phi) is 3.02. The zero-order valence-electron chi connectivity index (χ0n) is 7.03. The molecule has 0 aromatic carbocycles. The SMILES string of the molecule is CCC(=O)Nc1ccc(C(=O)O)s1. The molecule has 0 bridgehead atoms. The van der Waals surface area contributed by atoms with Crippen LogP contribution in [0.3, 0.4) is 0 Å². The van der Waals surface area contributed by atoms with Crippen molar-refractivity contribution in [2.75, 3.05) is 5.32 Å². The Balaban J connectivity index is 2.69. The van der Waals surface area contributed by atoms with Gasteiger partial charge in [0, 0.05) is 6.42 Å². The number of carbonyl (C=O) groups excluding carboxylic acids is 1. The molecule has 2 N–H and O–H groups in total. The van der Waals surface area contributed by atoms with Crippen LogP contribution in [-0.4, -0.2) is 17.0 Å². The van der Waals surface area contributed by atoms with E-state index in [4.69, 9.17) is 5.11 Å². The van der Waals surface area contributed by atoms with Crippen LogP contribution in [0.2, 0.25) is 0 Å². The first kappa shape index (κ1) is 9.73. The maximum Gasteiger partial charge on any atom is 0.345 e. The van der Waals surface area contributed by atoms with Crippen molar-refractivity contribution in [2.24, 2.45) is 0 Å². The number of hydrogen-bond donors (Lipinski definition) is 2. The fourth-order valence-electron chi connectivity index (χ4n) is 0.746. The predicted octanol–water partition coefficient (Wildman–Crippen LogP) is 1.79. The van der Waals surface area contributed by atoms with Crippen molar-refractivity contribution in [3.8, 4) is 0 Å². The second-order valence-corrected chi connectivity index (χ2v) is 3.45. The number of rotatable bonds is 3. The average molecular weight is 199 g/mol. The van der Waals surface area contributed by atoms with E-state index in [0.717, 1.165) is 11.3 Å². The third-order valence-electron chi connectivity index (χ3n) is 1.40. The summed E-state index contributed by atoms with van der Waals surface area (Å²) in [7, 11) is 0. The van der Waals surface area contributed by atoms with Gasteiger partial charge < -0.3 is 10.4 Å². The number of carbonyl (C=O) groups is 2. The lowest BCUT2D eigenvalue weighted by molar-refractivity contribution is -0.115. The van der Waals surface area contributed by atoms with E-state index in [1.165, 1.54) is 6.07 Å². The molecule has 0 saturated carbocycles. The van der Waals surface area contributed by atoms with Crippen molar-refractivity contribution in [1.82, 2.24) is 0 Å². The van der Waals surface area contributed by atoms with Gasteiger partial charge in [-0.1, -0.05) is 6.92 Å². The molecule has 0 radical (unpaired) electrons. The van der Waals surface area contributed by atoms with Crippen molar-refractivity contribution < 1.29 is 14.7 Å². The minimum atomic E-state index is -0.970. The Morgan fingerprint density at radius 3 is 2.69 bits per heavy atom. The van der Waals surface area contributed by atoms with Crippen molar-refractivity contribution in [1.29, 1.82) is 0 Å². The van der Waals surface area contributed by atoms with Gasteiger partial charge in [0.25, 0.3) is 0 Å². The molecule has 0 atom stereocenters. The lowest BCUT2D eigenvalue weighted by Crippen LogP contribution is -2.07. The van der Waals surface area contributed by atoms with Crippen LogP contribution in [0.5, 0.6) is 0 Å². The maximum atomic E-state index is 10.9. The highest BCUT2D eigenvalue weighted by Crippen LogP contribution is 2.21. The number of amides is 1. The highest BCUT2D eigenvalue weighted by molar-refractivity contribution is 7.18. The molecule has 1 aromatic rings. The smallest absolute Gasteiger partial charge is 0.345 e. The zero-order valence-corrected chi connectivity index (χ0v) is 7.85. The average Bonchev–Trinajstić information content (AvgIpc) is 2.52. The fourth-order valence-corrected chi connectivity index (χ4v) is 1.51. The van der Waals surface area contributed by atoms with E-state index in [2.05, 4.69) is 5.32 Å². The first-order chi connectivity index (χ1) is 6.13. The summed E-state index contributed by atoms with van der Waals surface area (Å²) in [6.45, 7) is 1.74. The van der Waals surface area contributed by atoms with Crippen LogP contribution in [0.4, 0.5) is 5.00 Å². The Bertz CT molecular complexity index is 332. The van der Waals surface area contributed by atoms with Gasteiger partial charge in [0.2, 0.25) is 5.91 Å². The molecule has 0 aliphatic rings. The molecule has 5 heteroatoms. The number of aromatic carboxylic acids is 1. The molecule has 0 aliphatic heterocycles. The number of hydrogen-bond acceptors (Lipinski definition) is 3. The van der Waals surface area contributed by atoms with Crippen molar-refractivity contribution >= 4 is 28.2 Å². The van der Waals surface area contributed by atoms with Crippen LogP contribution in [0.25, 0.3) is 0 Å². The zero-order chi connectivity index (χ0) is 9.84. The molecule has 1 heterocycles. The van der Waals surface area contributed by atoms with Gasteiger partial charge in [-0.2, -0.15) is 0 Å². The summed E-state index contributed by atoms with van der Waals surface area (Å²) in [6, 6.07) is 3.06. The highest BCUT2D eigenvalue weighted by atomic mass is 32.1. The summed E-state index contributed by atoms with van der Waals surface area (Å²) < 4.78 is 0. The number of carboxylic acid groups (broad SMARTS) is 1. The number of anilines is 1. The van der Waals surface area contributed by atoms with Gasteiger partial charge in [-0.25, -0.2) is 4.79 Å². The van der Waals surface area contributed by atoms with E-state index in [-0.39, 0.29) is 10.8 Å². The van der Waals surface area contributed by atoms with Crippen LogP contribution < -0.4 is 5.32 Å². The first-order valence-electron chi connectivity index (χ1n) is 3.76. The standard InChI is InChI=1S/C8H9NO3S/c1-2-6(10)9-7-4-3-5(13-7)8(11)12/h3-4H,2H2,1H3,(H,9,10)(H,11,12). The number of thiophene rings is 1. The van der Waals surface area contributed by atoms with Gasteiger partial charge in [0.05, 0.1) is 5.00 Å². The van der Waals surface area contributed by atoms with Gasteiger partial charge in [-0.05, 0) is 12.1 Å². The van der Waals surface area contributed by atoms with E-state index < -0.39 is 5.97 Å². The molecule has 70 valence electrons. The largest absolute Gasteiger partial charge is 0.477 e. The number of nitrogens with one attached hydrogen (secondary N) is 1. The van der Waals surface area contributed by atoms with E-state index in [9.17, 15) is 9.59 Å². The van der Waals surface area contributed by atoms with Crippen LogP contribution in [-0.2, 0) is 4.79 Å². The summed E-state index contributed by atoms with van der Waals surface area (Å²) in [5.41, 5.74) is 0. The predicted molar refractivity (Wildman–Crippen MR) is 50.2 cm³/mol. The summed E-state index contributed by atoms with van der Waals surface area (Å²) in [4.78, 5) is 21.6. The van der Waals surface area contributed by atoms with E-state index >= 15 is 0 Å². The molecule has 1 aromatic heterocycles. The van der Waals surface area contributed by atoms with E-state index in [1.807, 2.05) is 0 Å². The molecule has 0 fully saturated rings. The maximum absolute atomic E-state index is 10.9. The molecule has 1 rings (SSSR count). The lowest BCUT2D eigenvalue weighted by atomic mass is 10.4. The minimum absolute atomic E-state index is 0.112. The normalized spacial score (nSPS) is 9.62. The Hall–Kier alpha value is -1.36. The van der Waals surface area contributed by atoms with Crippen LogP contribution >= 0.6 is 11.3 Å². The van der Waals surface area contributed by atoms with Gasteiger partial charge in [0.15, 0.2) is 0 Å². The molecule has 0 spiro atoms.